The molecule has 0 spiro atoms. The highest BCUT2D eigenvalue weighted by molar-refractivity contribution is 5.93. The monoisotopic (exact) mass is 341 g/mol. The van der Waals surface area contributed by atoms with E-state index >= 15 is 0 Å². The molecule has 2 heterocycles. The van der Waals surface area contributed by atoms with Gasteiger partial charge in [0.2, 0.25) is 0 Å². The number of benzene rings is 2. The van der Waals surface area contributed by atoms with Gasteiger partial charge in [-0.15, -0.1) is 0 Å². The molecule has 6 nitrogen and oxygen atoms in total. The number of nitriles is 1. The number of nitrogens with zero attached hydrogens (tertiary/aromatic N) is 3. The zero-order valence-corrected chi connectivity index (χ0v) is 13.9. The Bertz CT molecular complexity index is 1140. The van der Waals surface area contributed by atoms with Crippen LogP contribution in [0.3, 0.4) is 0 Å². The van der Waals surface area contributed by atoms with Gasteiger partial charge in [0.15, 0.2) is 12.2 Å². The van der Waals surface area contributed by atoms with Crippen LogP contribution in [0.2, 0.25) is 0 Å². The normalized spacial score (nSPS) is 15.7. The third-order valence-electron chi connectivity index (χ3n) is 4.92. The molecule has 0 saturated heterocycles. The highest BCUT2D eigenvalue weighted by atomic mass is 16.3. The number of hydrogen-bond acceptors (Lipinski definition) is 5. The predicted octanol–water partition coefficient (Wildman–Crippen LogP) is 4.19. The van der Waals surface area contributed by atoms with E-state index in [0.717, 1.165) is 40.7 Å². The standard InChI is InChI=1S/C20H15N5O/c21-9-12-1-4-15-13(7-12)2-5-17(15)23-14-3-6-18-16(8-14)20(25-24-18)19-10-22-11-26-19/h1,3-4,6-8,10-11,17,23H,2,5H2,(H,24,25)/t17-/m1/s1. The van der Waals surface area contributed by atoms with E-state index in [1.54, 1.807) is 6.20 Å². The van der Waals surface area contributed by atoms with E-state index in [1.807, 2.05) is 24.3 Å². The maximum Gasteiger partial charge on any atom is 0.181 e. The van der Waals surface area contributed by atoms with Crippen molar-refractivity contribution in [3.8, 4) is 17.5 Å². The van der Waals surface area contributed by atoms with Gasteiger partial charge in [-0.1, -0.05) is 6.07 Å². The largest absolute Gasteiger partial charge is 0.442 e. The van der Waals surface area contributed by atoms with Crippen LogP contribution >= 0.6 is 0 Å². The molecule has 26 heavy (non-hydrogen) atoms. The van der Waals surface area contributed by atoms with Crippen LogP contribution in [0.4, 0.5) is 5.69 Å². The summed E-state index contributed by atoms with van der Waals surface area (Å²) < 4.78 is 5.39. The molecule has 0 amide bonds. The Morgan fingerprint density at radius 1 is 1.23 bits per heavy atom. The quantitative estimate of drug-likeness (QED) is 0.583. The summed E-state index contributed by atoms with van der Waals surface area (Å²) in [5.74, 6) is 0.642. The third-order valence-corrected chi connectivity index (χ3v) is 4.92. The van der Waals surface area contributed by atoms with Crippen LogP contribution in [0.5, 0.6) is 0 Å². The summed E-state index contributed by atoms with van der Waals surface area (Å²) in [7, 11) is 0. The topological polar surface area (TPSA) is 90.5 Å². The van der Waals surface area contributed by atoms with Crippen molar-refractivity contribution in [3.05, 3.63) is 65.7 Å². The number of nitrogens with one attached hydrogen (secondary N) is 2. The SMILES string of the molecule is N#Cc1ccc2c(c1)CC[C@H]2Nc1ccc2[nH]nc(-c3cnco3)c2c1. The molecule has 1 aliphatic carbocycles. The van der Waals surface area contributed by atoms with E-state index in [4.69, 9.17) is 9.68 Å². The Morgan fingerprint density at radius 3 is 3.04 bits per heavy atom. The first-order valence-electron chi connectivity index (χ1n) is 8.48. The van der Waals surface area contributed by atoms with Gasteiger partial charge in [0.1, 0.15) is 5.69 Å². The van der Waals surface area contributed by atoms with Crippen LogP contribution < -0.4 is 5.32 Å². The van der Waals surface area contributed by atoms with Gasteiger partial charge in [-0.25, -0.2) is 4.98 Å². The number of fused-ring (bicyclic) bond motifs is 2. The first kappa shape index (κ1) is 14.7. The van der Waals surface area contributed by atoms with Crippen molar-refractivity contribution in [2.24, 2.45) is 0 Å². The Hall–Kier alpha value is -3.59. The lowest BCUT2D eigenvalue weighted by Crippen LogP contribution is -2.06. The number of oxazole rings is 1. The van der Waals surface area contributed by atoms with Crippen molar-refractivity contribution in [2.75, 3.05) is 5.32 Å². The van der Waals surface area contributed by atoms with E-state index in [9.17, 15) is 0 Å². The van der Waals surface area contributed by atoms with Gasteiger partial charge < -0.3 is 9.73 Å². The number of aryl methyl sites for hydroxylation is 1. The second-order valence-corrected chi connectivity index (χ2v) is 6.46. The Balaban J connectivity index is 1.48. The summed E-state index contributed by atoms with van der Waals surface area (Å²) in [6.45, 7) is 0. The number of H-pyrrole nitrogens is 1. The van der Waals surface area contributed by atoms with Crippen molar-refractivity contribution in [1.82, 2.24) is 15.2 Å². The van der Waals surface area contributed by atoms with Crippen molar-refractivity contribution < 1.29 is 4.42 Å². The van der Waals surface area contributed by atoms with Gasteiger partial charge in [-0.2, -0.15) is 10.4 Å². The van der Waals surface area contributed by atoms with Crippen LogP contribution in [-0.2, 0) is 6.42 Å². The number of aromatic amines is 1. The molecule has 2 aromatic carbocycles. The summed E-state index contributed by atoms with van der Waals surface area (Å²) in [5.41, 5.74) is 5.99. The molecule has 0 saturated carbocycles. The number of hydrogen-bond donors (Lipinski definition) is 2. The van der Waals surface area contributed by atoms with Crippen molar-refractivity contribution in [2.45, 2.75) is 18.9 Å². The van der Waals surface area contributed by atoms with Crippen LogP contribution in [0.15, 0.2) is 53.4 Å². The Kier molecular flexibility index (Phi) is 3.25. The summed E-state index contributed by atoms with van der Waals surface area (Å²) in [6, 6.07) is 14.6. The molecule has 0 aliphatic heterocycles. The zero-order valence-electron chi connectivity index (χ0n) is 13.9. The van der Waals surface area contributed by atoms with E-state index in [2.05, 4.69) is 38.7 Å². The second kappa shape index (κ2) is 5.74. The molecule has 5 rings (SSSR count). The minimum atomic E-state index is 0.246. The molecule has 6 heteroatoms. The fraction of sp³-hybridized carbons (Fsp3) is 0.150. The maximum atomic E-state index is 9.07. The predicted molar refractivity (Wildman–Crippen MR) is 97.4 cm³/mol. The molecule has 4 aromatic rings. The summed E-state index contributed by atoms with van der Waals surface area (Å²) in [4.78, 5) is 3.97. The van der Waals surface area contributed by atoms with Gasteiger partial charge in [-0.3, -0.25) is 5.10 Å². The van der Waals surface area contributed by atoms with Crippen LogP contribution in [0, 0.1) is 11.3 Å². The molecule has 0 radical (unpaired) electrons. The van der Waals surface area contributed by atoms with Crippen LogP contribution in [0.1, 0.15) is 29.2 Å². The van der Waals surface area contributed by atoms with E-state index < -0.39 is 0 Å². The first-order valence-corrected chi connectivity index (χ1v) is 8.48. The molecular weight excluding hydrogens is 326 g/mol. The van der Waals surface area contributed by atoms with Crippen molar-refractivity contribution >= 4 is 16.6 Å². The molecular formula is C20H15N5O. The fourth-order valence-corrected chi connectivity index (χ4v) is 3.66. The molecule has 2 N–H and O–H groups in total. The maximum absolute atomic E-state index is 9.07. The van der Waals surface area contributed by atoms with Crippen molar-refractivity contribution in [1.29, 1.82) is 5.26 Å². The lowest BCUT2D eigenvalue weighted by atomic mass is 10.0. The molecule has 2 aromatic heterocycles. The van der Waals surface area contributed by atoms with Gasteiger partial charge in [0.25, 0.3) is 0 Å². The van der Waals surface area contributed by atoms with Crippen LogP contribution in [0.25, 0.3) is 22.4 Å². The van der Waals surface area contributed by atoms with Gasteiger partial charge >= 0.3 is 0 Å². The molecule has 0 bridgehead atoms. The molecule has 0 fully saturated rings. The van der Waals surface area contributed by atoms with E-state index in [1.165, 1.54) is 17.5 Å². The zero-order chi connectivity index (χ0) is 17.5. The number of anilines is 1. The average molecular weight is 341 g/mol. The molecule has 1 aliphatic rings. The number of aromatic nitrogens is 3. The van der Waals surface area contributed by atoms with E-state index in [-0.39, 0.29) is 6.04 Å². The minimum absolute atomic E-state index is 0.246. The van der Waals surface area contributed by atoms with Crippen molar-refractivity contribution in [3.63, 3.8) is 0 Å². The number of rotatable bonds is 3. The first-order chi connectivity index (χ1) is 12.8. The lowest BCUT2D eigenvalue weighted by molar-refractivity contribution is 0.570. The van der Waals surface area contributed by atoms with Gasteiger partial charge in [0, 0.05) is 11.1 Å². The average Bonchev–Trinajstić information content (AvgIpc) is 3.40. The lowest BCUT2D eigenvalue weighted by Gasteiger charge is -2.16. The minimum Gasteiger partial charge on any atom is -0.442 e. The molecule has 126 valence electrons. The van der Waals surface area contributed by atoms with Gasteiger partial charge in [0.05, 0.1) is 29.4 Å². The molecule has 0 unspecified atom stereocenters. The Morgan fingerprint density at radius 2 is 2.19 bits per heavy atom. The molecule has 1 atom stereocenters. The third kappa shape index (κ3) is 2.33. The highest BCUT2D eigenvalue weighted by Crippen LogP contribution is 2.35. The van der Waals surface area contributed by atoms with Crippen LogP contribution in [-0.4, -0.2) is 15.2 Å². The Labute approximate surface area is 149 Å². The van der Waals surface area contributed by atoms with E-state index in [0.29, 0.717) is 5.76 Å². The smallest absolute Gasteiger partial charge is 0.181 e. The summed E-state index contributed by atoms with van der Waals surface area (Å²) in [5, 5.41) is 21.1. The highest BCUT2D eigenvalue weighted by Gasteiger charge is 2.23. The second-order valence-electron chi connectivity index (χ2n) is 6.46. The summed E-state index contributed by atoms with van der Waals surface area (Å²) in [6.07, 6.45) is 5.07. The summed E-state index contributed by atoms with van der Waals surface area (Å²) >= 11 is 0. The van der Waals surface area contributed by atoms with Gasteiger partial charge in [-0.05, 0) is 54.3 Å². The fourth-order valence-electron chi connectivity index (χ4n) is 3.66.